The van der Waals surface area contributed by atoms with Crippen molar-refractivity contribution < 1.29 is 9.59 Å². The van der Waals surface area contributed by atoms with Crippen LogP contribution in [0.2, 0.25) is 0 Å². The highest BCUT2D eigenvalue weighted by atomic mass is 16.2. The predicted molar refractivity (Wildman–Crippen MR) is 73.4 cm³/mol. The molecule has 0 spiro atoms. The van der Waals surface area contributed by atoms with Crippen LogP contribution in [-0.2, 0) is 4.79 Å². The highest BCUT2D eigenvalue weighted by molar-refractivity contribution is 5.77. The summed E-state index contributed by atoms with van der Waals surface area (Å²) in [6, 6.07) is -0.407. The van der Waals surface area contributed by atoms with Gasteiger partial charge in [0.25, 0.3) is 0 Å². The van der Waals surface area contributed by atoms with Gasteiger partial charge in [-0.15, -0.1) is 0 Å². The van der Waals surface area contributed by atoms with E-state index in [0.29, 0.717) is 18.9 Å². The van der Waals surface area contributed by atoms with Crippen LogP contribution in [0, 0.1) is 5.92 Å². The summed E-state index contributed by atoms with van der Waals surface area (Å²) >= 11 is 0. The SMILES string of the molecule is NC(=O)NC[C@@H]1CCCCN1C(=O)C[C@@H]1C=CCC1. The molecule has 1 aliphatic carbocycles. The van der Waals surface area contributed by atoms with Gasteiger partial charge < -0.3 is 16.0 Å². The number of primary amides is 1. The molecule has 1 saturated heterocycles. The fraction of sp³-hybridized carbons (Fsp3) is 0.714. The van der Waals surface area contributed by atoms with Gasteiger partial charge in [-0.2, -0.15) is 0 Å². The van der Waals surface area contributed by atoms with Crippen molar-refractivity contribution in [2.45, 2.75) is 44.6 Å². The minimum absolute atomic E-state index is 0.110. The summed E-state index contributed by atoms with van der Waals surface area (Å²) < 4.78 is 0. The lowest BCUT2D eigenvalue weighted by molar-refractivity contribution is -0.135. The second-order valence-corrected chi connectivity index (χ2v) is 5.45. The van der Waals surface area contributed by atoms with E-state index in [0.717, 1.165) is 38.6 Å². The maximum absolute atomic E-state index is 12.4. The lowest BCUT2D eigenvalue weighted by Gasteiger charge is -2.36. The minimum atomic E-state index is -0.517. The molecule has 0 bridgehead atoms. The summed E-state index contributed by atoms with van der Waals surface area (Å²) in [5.74, 6) is 0.617. The van der Waals surface area contributed by atoms with Crippen LogP contribution in [0.5, 0.6) is 0 Å². The van der Waals surface area contributed by atoms with E-state index in [1.165, 1.54) is 0 Å². The quantitative estimate of drug-likeness (QED) is 0.754. The van der Waals surface area contributed by atoms with Gasteiger partial charge in [-0.1, -0.05) is 12.2 Å². The van der Waals surface area contributed by atoms with Crippen molar-refractivity contribution in [2.24, 2.45) is 11.7 Å². The van der Waals surface area contributed by atoms with Gasteiger partial charge in [0.2, 0.25) is 5.91 Å². The first-order valence-corrected chi connectivity index (χ1v) is 7.16. The normalized spacial score (nSPS) is 26.4. The standard InChI is InChI=1S/C14H23N3O2/c15-14(19)16-10-12-7-3-4-8-17(12)13(18)9-11-5-1-2-6-11/h1,5,11-12H,2-4,6-10H2,(H3,15,16,19)/t11-,12+/m1/s1. The molecule has 2 rings (SSSR count). The number of carbonyl (C=O) groups is 2. The highest BCUT2D eigenvalue weighted by Crippen LogP contribution is 2.24. The van der Waals surface area contributed by atoms with E-state index in [1.54, 1.807) is 0 Å². The number of nitrogens with zero attached hydrogens (tertiary/aromatic N) is 1. The van der Waals surface area contributed by atoms with Crippen molar-refractivity contribution in [2.75, 3.05) is 13.1 Å². The zero-order chi connectivity index (χ0) is 13.7. The van der Waals surface area contributed by atoms with E-state index in [9.17, 15) is 9.59 Å². The average molecular weight is 265 g/mol. The topological polar surface area (TPSA) is 75.4 Å². The van der Waals surface area contributed by atoms with Crippen LogP contribution in [0.3, 0.4) is 0 Å². The second-order valence-electron chi connectivity index (χ2n) is 5.45. The number of amides is 3. The van der Waals surface area contributed by atoms with Crippen LogP contribution in [0.15, 0.2) is 12.2 Å². The Hall–Kier alpha value is -1.52. The molecular weight excluding hydrogens is 242 g/mol. The number of nitrogens with one attached hydrogen (secondary N) is 1. The van der Waals surface area contributed by atoms with Gasteiger partial charge in [-0.25, -0.2) is 4.79 Å². The second kappa shape index (κ2) is 6.59. The van der Waals surface area contributed by atoms with Gasteiger partial charge >= 0.3 is 6.03 Å². The van der Waals surface area contributed by atoms with E-state index in [1.807, 2.05) is 4.90 Å². The largest absolute Gasteiger partial charge is 0.352 e. The van der Waals surface area contributed by atoms with Crippen molar-refractivity contribution >= 4 is 11.9 Å². The van der Waals surface area contributed by atoms with Crippen LogP contribution in [0.1, 0.15) is 38.5 Å². The number of allylic oxidation sites excluding steroid dienone is 2. The lowest BCUT2D eigenvalue weighted by Crippen LogP contribution is -2.50. The molecule has 0 aromatic rings. The van der Waals surface area contributed by atoms with Crippen LogP contribution >= 0.6 is 0 Å². The van der Waals surface area contributed by atoms with E-state index >= 15 is 0 Å². The van der Waals surface area contributed by atoms with Crippen LogP contribution in [-0.4, -0.2) is 36.0 Å². The first-order valence-electron chi connectivity index (χ1n) is 7.16. The number of nitrogens with two attached hydrogens (primary N) is 1. The van der Waals surface area contributed by atoms with E-state index < -0.39 is 6.03 Å². The Morgan fingerprint density at radius 1 is 1.32 bits per heavy atom. The van der Waals surface area contributed by atoms with Gasteiger partial charge in [0.1, 0.15) is 0 Å². The molecule has 0 unspecified atom stereocenters. The average Bonchev–Trinajstić information content (AvgIpc) is 2.89. The molecule has 0 aromatic heterocycles. The molecule has 0 radical (unpaired) electrons. The van der Waals surface area contributed by atoms with Gasteiger partial charge in [0, 0.05) is 25.6 Å². The molecule has 3 amide bonds. The number of urea groups is 1. The van der Waals surface area contributed by atoms with Crippen molar-refractivity contribution in [3.05, 3.63) is 12.2 Å². The van der Waals surface area contributed by atoms with E-state index in [2.05, 4.69) is 17.5 Å². The van der Waals surface area contributed by atoms with Crippen LogP contribution in [0.4, 0.5) is 4.79 Å². The van der Waals surface area contributed by atoms with Crippen LogP contribution < -0.4 is 11.1 Å². The Kier molecular flexibility index (Phi) is 4.82. The molecule has 2 aliphatic rings. The van der Waals surface area contributed by atoms with E-state index in [4.69, 9.17) is 5.73 Å². The zero-order valence-corrected chi connectivity index (χ0v) is 11.3. The Balaban J connectivity index is 1.88. The molecule has 0 saturated carbocycles. The molecule has 1 aliphatic heterocycles. The number of hydrogen-bond donors (Lipinski definition) is 2. The van der Waals surface area contributed by atoms with Gasteiger partial charge in [0.15, 0.2) is 0 Å². The number of piperidine rings is 1. The van der Waals surface area contributed by atoms with E-state index in [-0.39, 0.29) is 11.9 Å². The Bertz CT molecular complexity index is 368. The molecule has 0 aromatic carbocycles. The number of rotatable bonds is 4. The molecule has 3 N–H and O–H groups in total. The Morgan fingerprint density at radius 2 is 2.16 bits per heavy atom. The molecule has 1 heterocycles. The summed E-state index contributed by atoms with van der Waals surface area (Å²) in [5, 5.41) is 2.62. The molecule has 106 valence electrons. The third kappa shape index (κ3) is 3.98. The predicted octanol–water partition coefficient (Wildman–Crippen LogP) is 1.39. The van der Waals surface area contributed by atoms with Crippen molar-refractivity contribution in [3.8, 4) is 0 Å². The molecule has 5 nitrogen and oxygen atoms in total. The van der Waals surface area contributed by atoms with Gasteiger partial charge in [0.05, 0.1) is 0 Å². The molecular formula is C14H23N3O2. The summed E-state index contributed by atoms with van der Waals surface area (Å²) in [6.45, 7) is 1.28. The maximum atomic E-state index is 12.4. The van der Waals surface area contributed by atoms with Crippen LogP contribution in [0.25, 0.3) is 0 Å². The molecule has 19 heavy (non-hydrogen) atoms. The summed E-state index contributed by atoms with van der Waals surface area (Å²) in [4.78, 5) is 25.1. The monoisotopic (exact) mass is 265 g/mol. The minimum Gasteiger partial charge on any atom is -0.352 e. The van der Waals surface area contributed by atoms with Crippen molar-refractivity contribution in [1.29, 1.82) is 0 Å². The number of hydrogen-bond acceptors (Lipinski definition) is 2. The maximum Gasteiger partial charge on any atom is 0.312 e. The first kappa shape index (κ1) is 13.9. The molecule has 5 heteroatoms. The molecule has 1 fully saturated rings. The lowest BCUT2D eigenvalue weighted by atomic mass is 9.98. The Morgan fingerprint density at radius 3 is 2.84 bits per heavy atom. The highest BCUT2D eigenvalue weighted by Gasteiger charge is 2.28. The fourth-order valence-corrected chi connectivity index (χ4v) is 2.97. The van der Waals surface area contributed by atoms with Gasteiger partial charge in [-0.3, -0.25) is 4.79 Å². The smallest absolute Gasteiger partial charge is 0.312 e. The van der Waals surface area contributed by atoms with Gasteiger partial charge in [-0.05, 0) is 38.0 Å². The molecule has 2 atom stereocenters. The number of carbonyl (C=O) groups excluding carboxylic acids is 2. The van der Waals surface area contributed by atoms with Crippen molar-refractivity contribution in [3.63, 3.8) is 0 Å². The summed E-state index contributed by atoms with van der Waals surface area (Å²) in [5.41, 5.74) is 5.10. The third-order valence-electron chi connectivity index (χ3n) is 4.01. The van der Waals surface area contributed by atoms with Crippen molar-refractivity contribution in [1.82, 2.24) is 10.2 Å². The summed E-state index contributed by atoms with van der Waals surface area (Å²) in [7, 11) is 0. The number of likely N-dealkylation sites (tertiary alicyclic amines) is 1. The third-order valence-corrected chi connectivity index (χ3v) is 4.01. The fourth-order valence-electron chi connectivity index (χ4n) is 2.97. The Labute approximate surface area is 114 Å². The first-order chi connectivity index (χ1) is 9.16. The zero-order valence-electron chi connectivity index (χ0n) is 11.3. The summed E-state index contributed by atoms with van der Waals surface area (Å²) in [6.07, 6.45) is 10.2.